The molecule has 2 rings (SSSR count). The number of rotatable bonds is 5. The standard InChI is InChI=1S/C14H19N3O2S/c1-5-9-7-10-11(15-8-16-12(10)20-9)17(6-2)14(3,4)13(18)19/h7-8H,5-6H2,1-4H3,(H,18,19). The van der Waals surface area contributed by atoms with E-state index in [2.05, 4.69) is 23.0 Å². The van der Waals surface area contributed by atoms with E-state index in [1.54, 1.807) is 25.2 Å². The highest BCUT2D eigenvalue weighted by Gasteiger charge is 2.35. The number of fused-ring (bicyclic) bond motifs is 1. The molecule has 0 unspecified atom stereocenters. The minimum Gasteiger partial charge on any atom is -0.480 e. The van der Waals surface area contributed by atoms with Gasteiger partial charge in [-0.2, -0.15) is 0 Å². The molecule has 2 aromatic rings. The number of thiophene rings is 1. The summed E-state index contributed by atoms with van der Waals surface area (Å²) < 4.78 is 0. The molecule has 0 bridgehead atoms. The van der Waals surface area contributed by atoms with Gasteiger partial charge in [0.1, 0.15) is 22.5 Å². The topological polar surface area (TPSA) is 66.3 Å². The van der Waals surface area contributed by atoms with Crippen molar-refractivity contribution in [3.63, 3.8) is 0 Å². The number of hydrogen-bond donors (Lipinski definition) is 1. The van der Waals surface area contributed by atoms with Gasteiger partial charge in [0.25, 0.3) is 0 Å². The summed E-state index contributed by atoms with van der Waals surface area (Å²) in [6.45, 7) is 7.99. The second kappa shape index (κ2) is 5.36. The van der Waals surface area contributed by atoms with Crippen LogP contribution in [-0.2, 0) is 11.2 Å². The Kier molecular flexibility index (Phi) is 3.94. The molecule has 0 saturated carbocycles. The van der Waals surface area contributed by atoms with E-state index in [-0.39, 0.29) is 0 Å². The largest absolute Gasteiger partial charge is 0.480 e. The molecule has 108 valence electrons. The molecular formula is C14H19N3O2S. The van der Waals surface area contributed by atoms with E-state index in [9.17, 15) is 9.90 Å². The predicted molar refractivity (Wildman–Crippen MR) is 81.5 cm³/mol. The Balaban J connectivity index is 2.60. The summed E-state index contributed by atoms with van der Waals surface area (Å²) in [6, 6.07) is 2.07. The predicted octanol–water partition coefficient (Wildman–Crippen LogP) is 2.94. The maximum absolute atomic E-state index is 11.5. The third-order valence-electron chi connectivity index (χ3n) is 3.48. The maximum atomic E-state index is 11.5. The highest BCUT2D eigenvalue weighted by molar-refractivity contribution is 7.18. The highest BCUT2D eigenvalue weighted by atomic mass is 32.1. The molecule has 0 saturated heterocycles. The summed E-state index contributed by atoms with van der Waals surface area (Å²) in [5.41, 5.74) is -1.01. The van der Waals surface area contributed by atoms with E-state index in [0.29, 0.717) is 12.4 Å². The van der Waals surface area contributed by atoms with Gasteiger partial charge in [-0.1, -0.05) is 6.92 Å². The van der Waals surface area contributed by atoms with Crippen LogP contribution in [-0.4, -0.2) is 33.1 Å². The van der Waals surface area contributed by atoms with Crippen LogP contribution in [0.25, 0.3) is 10.2 Å². The van der Waals surface area contributed by atoms with Gasteiger partial charge in [0.15, 0.2) is 0 Å². The van der Waals surface area contributed by atoms with Gasteiger partial charge in [0.2, 0.25) is 0 Å². The monoisotopic (exact) mass is 293 g/mol. The van der Waals surface area contributed by atoms with E-state index in [1.807, 2.05) is 11.8 Å². The summed E-state index contributed by atoms with van der Waals surface area (Å²) >= 11 is 1.63. The third kappa shape index (κ3) is 2.35. The molecule has 0 aromatic carbocycles. The molecule has 6 heteroatoms. The Morgan fingerprint density at radius 3 is 2.65 bits per heavy atom. The molecule has 0 radical (unpaired) electrons. The van der Waals surface area contributed by atoms with Gasteiger partial charge in [0, 0.05) is 11.4 Å². The van der Waals surface area contributed by atoms with E-state index in [0.717, 1.165) is 16.6 Å². The van der Waals surface area contributed by atoms with Crippen LogP contribution in [0.2, 0.25) is 0 Å². The number of aryl methyl sites for hydroxylation is 1. The van der Waals surface area contributed by atoms with Gasteiger partial charge >= 0.3 is 5.97 Å². The highest BCUT2D eigenvalue weighted by Crippen LogP contribution is 2.33. The van der Waals surface area contributed by atoms with Gasteiger partial charge in [-0.25, -0.2) is 14.8 Å². The molecular weight excluding hydrogens is 274 g/mol. The van der Waals surface area contributed by atoms with Gasteiger partial charge in [-0.05, 0) is 33.3 Å². The van der Waals surface area contributed by atoms with Crippen molar-refractivity contribution >= 4 is 33.3 Å². The lowest BCUT2D eigenvalue weighted by Crippen LogP contribution is -2.50. The Bertz CT molecular complexity index is 636. The van der Waals surface area contributed by atoms with E-state index >= 15 is 0 Å². The molecule has 0 aliphatic carbocycles. The summed E-state index contributed by atoms with van der Waals surface area (Å²) in [7, 11) is 0. The Morgan fingerprint density at radius 2 is 2.10 bits per heavy atom. The van der Waals surface area contributed by atoms with Crippen molar-refractivity contribution < 1.29 is 9.90 Å². The first-order chi connectivity index (χ1) is 9.41. The summed E-state index contributed by atoms with van der Waals surface area (Å²) in [4.78, 5) is 24.1. The normalized spacial score (nSPS) is 11.8. The van der Waals surface area contributed by atoms with Gasteiger partial charge < -0.3 is 10.0 Å². The third-order valence-corrected chi connectivity index (χ3v) is 4.67. The molecule has 0 fully saturated rings. The van der Waals surface area contributed by atoms with Crippen LogP contribution in [0, 0.1) is 0 Å². The Labute approximate surface area is 122 Å². The number of anilines is 1. The second-order valence-corrected chi connectivity index (χ2v) is 6.21. The molecule has 0 amide bonds. The average Bonchev–Trinajstić information content (AvgIpc) is 2.83. The van der Waals surface area contributed by atoms with Crippen molar-refractivity contribution in [2.45, 2.75) is 39.7 Å². The van der Waals surface area contributed by atoms with Crippen molar-refractivity contribution in [3.8, 4) is 0 Å². The quantitative estimate of drug-likeness (QED) is 0.918. The molecule has 0 aliphatic heterocycles. The van der Waals surface area contributed by atoms with Gasteiger partial charge in [0.05, 0.1) is 5.39 Å². The average molecular weight is 293 g/mol. The smallest absolute Gasteiger partial charge is 0.328 e. The number of hydrogen-bond acceptors (Lipinski definition) is 5. The number of aromatic nitrogens is 2. The van der Waals surface area contributed by atoms with Crippen molar-refractivity contribution in [1.29, 1.82) is 0 Å². The van der Waals surface area contributed by atoms with Crippen LogP contribution in [0.3, 0.4) is 0 Å². The van der Waals surface area contributed by atoms with Crippen molar-refractivity contribution in [2.75, 3.05) is 11.4 Å². The van der Waals surface area contributed by atoms with Crippen LogP contribution in [0.15, 0.2) is 12.4 Å². The first kappa shape index (κ1) is 14.7. The molecule has 2 heterocycles. The lowest BCUT2D eigenvalue weighted by atomic mass is 10.0. The molecule has 1 N–H and O–H groups in total. The zero-order chi connectivity index (χ0) is 14.9. The summed E-state index contributed by atoms with van der Waals surface area (Å²) in [5.74, 6) is -0.169. The zero-order valence-electron chi connectivity index (χ0n) is 12.2. The number of carboxylic acid groups (broad SMARTS) is 1. The Morgan fingerprint density at radius 1 is 1.40 bits per heavy atom. The number of carbonyl (C=O) groups is 1. The lowest BCUT2D eigenvalue weighted by Gasteiger charge is -2.35. The lowest BCUT2D eigenvalue weighted by molar-refractivity contribution is -0.142. The van der Waals surface area contributed by atoms with Crippen molar-refractivity contribution in [1.82, 2.24) is 9.97 Å². The number of likely N-dealkylation sites (N-methyl/N-ethyl adjacent to an activating group) is 1. The van der Waals surface area contributed by atoms with E-state index < -0.39 is 11.5 Å². The summed E-state index contributed by atoms with van der Waals surface area (Å²) in [6.07, 6.45) is 2.45. The van der Waals surface area contributed by atoms with Gasteiger partial charge in [-0.15, -0.1) is 11.3 Å². The fraction of sp³-hybridized carbons (Fsp3) is 0.500. The number of nitrogens with zero attached hydrogens (tertiary/aromatic N) is 3. The fourth-order valence-corrected chi connectivity index (χ4v) is 3.14. The molecule has 5 nitrogen and oxygen atoms in total. The molecule has 0 atom stereocenters. The molecule has 0 spiro atoms. The Hall–Kier alpha value is -1.69. The first-order valence-electron chi connectivity index (χ1n) is 6.66. The summed E-state index contributed by atoms with van der Waals surface area (Å²) in [5, 5.41) is 10.4. The van der Waals surface area contributed by atoms with Gasteiger partial charge in [-0.3, -0.25) is 0 Å². The minimum atomic E-state index is -1.01. The minimum absolute atomic E-state index is 0.572. The van der Waals surface area contributed by atoms with Crippen LogP contribution in [0.1, 0.15) is 32.6 Å². The van der Waals surface area contributed by atoms with Crippen LogP contribution >= 0.6 is 11.3 Å². The number of carboxylic acids is 1. The van der Waals surface area contributed by atoms with E-state index in [1.165, 1.54) is 11.2 Å². The van der Waals surface area contributed by atoms with Crippen LogP contribution in [0.5, 0.6) is 0 Å². The van der Waals surface area contributed by atoms with Crippen molar-refractivity contribution in [3.05, 3.63) is 17.3 Å². The maximum Gasteiger partial charge on any atom is 0.328 e. The molecule has 20 heavy (non-hydrogen) atoms. The van der Waals surface area contributed by atoms with Crippen molar-refractivity contribution in [2.24, 2.45) is 0 Å². The van der Waals surface area contributed by atoms with Crippen LogP contribution in [0.4, 0.5) is 5.82 Å². The second-order valence-electron chi connectivity index (χ2n) is 5.09. The SMILES string of the molecule is CCc1cc2c(N(CC)C(C)(C)C(=O)O)ncnc2s1. The first-order valence-corrected chi connectivity index (χ1v) is 7.47. The number of aliphatic carboxylic acids is 1. The zero-order valence-corrected chi connectivity index (χ0v) is 13.0. The molecule has 0 aliphatic rings. The molecule has 2 aromatic heterocycles. The van der Waals surface area contributed by atoms with E-state index in [4.69, 9.17) is 0 Å². The fourth-order valence-electron chi connectivity index (χ4n) is 2.21. The van der Waals surface area contributed by atoms with Crippen LogP contribution < -0.4 is 4.90 Å².